The second kappa shape index (κ2) is 10.6. The summed E-state index contributed by atoms with van der Waals surface area (Å²) >= 11 is 15.9. The van der Waals surface area contributed by atoms with Gasteiger partial charge < -0.3 is 15.0 Å². The Morgan fingerprint density at radius 1 is 1.26 bits per heavy atom. The molecule has 2 N–H and O–H groups in total. The molecule has 1 aliphatic heterocycles. The first kappa shape index (κ1) is 24.1. The molecule has 11 heteroatoms. The first-order chi connectivity index (χ1) is 17.0. The summed E-state index contributed by atoms with van der Waals surface area (Å²) in [5.74, 6) is 1.50. The van der Waals surface area contributed by atoms with Crippen molar-refractivity contribution in [1.82, 2.24) is 15.0 Å². The number of halogens is 2. The molecule has 180 valence electrons. The molecule has 1 saturated heterocycles. The molecule has 0 bridgehead atoms. The number of ether oxygens (including phenoxy) is 1. The summed E-state index contributed by atoms with van der Waals surface area (Å²) in [6.45, 7) is 0.452. The van der Waals surface area contributed by atoms with Crippen LogP contribution in [0.5, 0.6) is 5.75 Å². The topological polar surface area (TPSA) is 97.0 Å². The molecule has 1 amide bonds. The number of carbonyl (C=O) groups excluding carboxylic acids is 1. The Kier molecular flexibility index (Phi) is 7.29. The number of carbonyl (C=O) groups is 1. The van der Waals surface area contributed by atoms with Gasteiger partial charge in [-0.05, 0) is 55.3 Å². The van der Waals surface area contributed by atoms with E-state index in [0.717, 1.165) is 6.42 Å². The molecule has 1 unspecified atom stereocenters. The van der Waals surface area contributed by atoms with Gasteiger partial charge in [0.2, 0.25) is 0 Å². The van der Waals surface area contributed by atoms with Gasteiger partial charge in [0.05, 0.1) is 32.6 Å². The van der Waals surface area contributed by atoms with Crippen LogP contribution in [0.25, 0.3) is 21.3 Å². The number of hydrogen-bond acceptors (Lipinski definition) is 7. The Labute approximate surface area is 219 Å². The zero-order valence-corrected chi connectivity index (χ0v) is 21.5. The maximum atomic E-state index is 13.1. The van der Waals surface area contributed by atoms with Crippen molar-refractivity contribution in [2.24, 2.45) is 0 Å². The highest BCUT2D eigenvalue weighted by atomic mass is 35.5. The van der Waals surface area contributed by atoms with E-state index in [4.69, 9.17) is 27.9 Å². The SMILES string of the molecule is O=C(Nc1ccncn1)c1cc2c(OCCC3CCCS3)c(-c3ccc(Cl)s3)c(=O)[nH]c2cc1Cl. The van der Waals surface area contributed by atoms with Gasteiger partial charge in [-0.15, -0.1) is 11.3 Å². The third kappa shape index (κ3) is 5.33. The summed E-state index contributed by atoms with van der Waals surface area (Å²) in [7, 11) is 0. The van der Waals surface area contributed by atoms with Crippen molar-refractivity contribution in [2.75, 3.05) is 17.7 Å². The fraction of sp³-hybridized carbons (Fsp3) is 0.250. The minimum Gasteiger partial charge on any atom is -0.492 e. The number of fused-ring (bicyclic) bond motifs is 1. The Morgan fingerprint density at radius 3 is 2.86 bits per heavy atom. The van der Waals surface area contributed by atoms with Crippen molar-refractivity contribution < 1.29 is 9.53 Å². The van der Waals surface area contributed by atoms with Gasteiger partial charge in [0.1, 0.15) is 17.9 Å². The van der Waals surface area contributed by atoms with E-state index in [2.05, 4.69) is 20.3 Å². The number of pyridine rings is 1. The molecule has 7 nitrogen and oxygen atoms in total. The molecule has 3 aromatic heterocycles. The average Bonchev–Trinajstić information content (AvgIpc) is 3.51. The zero-order valence-electron chi connectivity index (χ0n) is 18.3. The van der Waals surface area contributed by atoms with Gasteiger partial charge in [-0.2, -0.15) is 11.8 Å². The predicted octanol–water partition coefficient (Wildman–Crippen LogP) is 6.27. The second-order valence-electron chi connectivity index (χ2n) is 7.96. The Hall–Kier alpha value is -2.59. The fourth-order valence-corrected chi connectivity index (χ4v) is 6.59. The summed E-state index contributed by atoms with van der Waals surface area (Å²) < 4.78 is 6.85. The van der Waals surface area contributed by atoms with Gasteiger partial charge in [-0.3, -0.25) is 9.59 Å². The lowest BCUT2D eigenvalue weighted by atomic mass is 10.1. The molecule has 0 aliphatic carbocycles. The number of nitrogens with one attached hydrogen (secondary N) is 2. The number of aromatic amines is 1. The van der Waals surface area contributed by atoms with Crippen LogP contribution in [-0.4, -0.2) is 38.5 Å². The van der Waals surface area contributed by atoms with E-state index in [1.807, 2.05) is 11.8 Å². The van der Waals surface area contributed by atoms with Gasteiger partial charge in [-0.25, -0.2) is 9.97 Å². The van der Waals surface area contributed by atoms with Gasteiger partial charge in [0, 0.05) is 21.7 Å². The van der Waals surface area contributed by atoms with Crippen molar-refractivity contribution >= 4 is 68.9 Å². The van der Waals surface area contributed by atoms with Crippen LogP contribution in [0.4, 0.5) is 5.82 Å². The molecule has 4 heterocycles. The Bertz CT molecular complexity index is 1440. The Morgan fingerprint density at radius 2 is 2.14 bits per heavy atom. The summed E-state index contributed by atoms with van der Waals surface area (Å²) in [6.07, 6.45) is 6.13. The minimum absolute atomic E-state index is 0.194. The van der Waals surface area contributed by atoms with Crippen molar-refractivity contribution in [3.63, 3.8) is 0 Å². The number of thioether (sulfide) groups is 1. The lowest BCUT2D eigenvalue weighted by Crippen LogP contribution is -2.16. The van der Waals surface area contributed by atoms with E-state index < -0.39 is 5.91 Å². The van der Waals surface area contributed by atoms with E-state index in [-0.39, 0.29) is 16.1 Å². The largest absolute Gasteiger partial charge is 0.492 e. The van der Waals surface area contributed by atoms with E-state index in [0.29, 0.717) is 49.1 Å². The number of hydrogen-bond donors (Lipinski definition) is 2. The number of aromatic nitrogens is 3. The van der Waals surface area contributed by atoms with Crippen molar-refractivity contribution in [1.29, 1.82) is 0 Å². The molecule has 1 aliphatic rings. The van der Waals surface area contributed by atoms with E-state index in [9.17, 15) is 9.59 Å². The van der Waals surface area contributed by atoms with Gasteiger partial charge in [0.25, 0.3) is 11.5 Å². The van der Waals surface area contributed by atoms with Crippen LogP contribution in [-0.2, 0) is 0 Å². The maximum absolute atomic E-state index is 13.1. The lowest BCUT2D eigenvalue weighted by molar-refractivity contribution is 0.102. The molecule has 0 radical (unpaired) electrons. The highest BCUT2D eigenvalue weighted by Gasteiger charge is 2.22. The van der Waals surface area contributed by atoms with Crippen LogP contribution in [0.1, 0.15) is 29.6 Å². The molecule has 0 spiro atoms. The fourth-order valence-electron chi connectivity index (χ4n) is 4.00. The van der Waals surface area contributed by atoms with Crippen LogP contribution in [0.3, 0.4) is 0 Å². The number of anilines is 1. The molecule has 0 saturated carbocycles. The number of thiophene rings is 1. The van der Waals surface area contributed by atoms with Crippen molar-refractivity contribution in [3.8, 4) is 16.2 Å². The van der Waals surface area contributed by atoms with Gasteiger partial charge in [-0.1, -0.05) is 23.2 Å². The minimum atomic E-state index is -0.434. The first-order valence-corrected chi connectivity index (χ1v) is 13.6. The molecule has 5 rings (SSSR count). The van der Waals surface area contributed by atoms with Crippen molar-refractivity contribution in [2.45, 2.75) is 24.5 Å². The summed E-state index contributed by atoms with van der Waals surface area (Å²) in [5.41, 5.74) is 0.792. The molecular weight excluding hydrogens is 527 g/mol. The molecule has 1 atom stereocenters. The third-order valence-electron chi connectivity index (χ3n) is 5.65. The summed E-state index contributed by atoms with van der Waals surface area (Å²) in [4.78, 5) is 37.6. The number of rotatable bonds is 7. The molecule has 1 fully saturated rings. The Balaban J connectivity index is 1.58. The van der Waals surface area contributed by atoms with Crippen LogP contribution in [0, 0.1) is 0 Å². The van der Waals surface area contributed by atoms with Gasteiger partial charge in [0.15, 0.2) is 0 Å². The molecule has 35 heavy (non-hydrogen) atoms. The second-order valence-corrected chi connectivity index (χ2v) is 11.5. The van der Waals surface area contributed by atoms with Crippen LogP contribution in [0.15, 0.2) is 47.7 Å². The number of benzene rings is 1. The summed E-state index contributed by atoms with van der Waals surface area (Å²) in [5, 5.41) is 4.04. The maximum Gasteiger partial charge on any atom is 0.260 e. The smallest absolute Gasteiger partial charge is 0.260 e. The predicted molar refractivity (Wildman–Crippen MR) is 143 cm³/mol. The van der Waals surface area contributed by atoms with Crippen LogP contribution >= 0.6 is 46.3 Å². The van der Waals surface area contributed by atoms with Crippen molar-refractivity contribution in [3.05, 3.63) is 68.1 Å². The van der Waals surface area contributed by atoms with E-state index >= 15 is 0 Å². The standard InChI is InChI=1S/C24H20Cl2N4O3S2/c25-16-11-17-15(10-14(16)23(31)30-20-5-7-27-12-28-20)22(33-8-6-13-2-1-9-34-13)21(24(32)29-17)18-3-4-19(26)35-18/h3-5,7,10-13H,1-2,6,8-9H2,(H,29,32)(H,27,28,30,31). The molecular formula is C24H20Cl2N4O3S2. The monoisotopic (exact) mass is 546 g/mol. The average molecular weight is 547 g/mol. The quantitative estimate of drug-likeness (QED) is 0.283. The number of H-pyrrole nitrogens is 1. The highest BCUT2D eigenvalue weighted by Crippen LogP contribution is 2.40. The first-order valence-electron chi connectivity index (χ1n) is 11.0. The lowest BCUT2D eigenvalue weighted by Gasteiger charge is -2.16. The van der Waals surface area contributed by atoms with Crippen LogP contribution < -0.4 is 15.6 Å². The summed E-state index contributed by atoms with van der Waals surface area (Å²) in [6, 6.07) is 8.33. The van der Waals surface area contributed by atoms with E-state index in [1.54, 1.807) is 30.3 Å². The van der Waals surface area contributed by atoms with Crippen LogP contribution in [0.2, 0.25) is 9.36 Å². The molecule has 1 aromatic carbocycles. The third-order valence-corrected chi connectivity index (χ3v) is 8.68. The number of amides is 1. The molecule has 4 aromatic rings. The highest BCUT2D eigenvalue weighted by molar-refractivity contribution is 8.00. The number of nitrogens with zero attached hydrogens (tertiary/aromatic N) is 2. The normalized spacial score (nSPS) is 15.4. The zero-order chi connectivity index (χ0) is 24.4. The van der Waals surface area contributed by atoms with Gasteiger partial charge >= 0.3 is 0 Å². The van der Waals surface area contributed by atoms with E-state index in [1.165, 1.54) is 42.5 Å².